The van der Waals surface area contributed by atoms with E-state index in [1.807, 2.05) is 6.92 Å². The molecule has 0 spiro atoms. The van der Waals surface area contributed by atoms with E-state index >= 15 is 0 Å². The lowest BCUT2D eigenvalue weighted by molar-refractivity contribution is -0.126. The molecule has 0 radical (unpaired) electrons. The number of nitrogens with one attached hydrogen (secondary N) is 1. The third-order valence-electron chi connectivity index (χ3n) is 4.18. The largest absolute Gasteiger partial charge is 0.392 e. The summed E-state index contributed by atoms with van der Waals surface area (Å²) in [6.07, 6.45) is 0.967. The summed E-state index contributed by atoms with van der Waals surface area (Å²) in [6, 6.07) is -0.0726. The molecule has 1 unspecified atom stereocenters. The Bertz CT molecular complexity index is 351. The number of rotatable bonds is 6. The summed E-state index contributed by atoms with van der Waals surface area (Å²) in [5, 5.41) is 2.95. The van der Waals surface area contributed by atoms with Crippen LogP contribution in [0.4, 0.5) is 0 Å². The molecule has 116 valence electrons. The van der Waals surface area contributed by atoms with E-state index in [2.05, 4.69) is 35.9 Å². The average Bonchev–Trinajstić information content (AvgIpc) is 2.43. The molecule has 0 bridgehead atoms. The number of piperazine rings is 1. The summed E-state index contributed by atoms with van der Waals surface area (Å²) in [5.41, 5.74) is 5.56. The van der Waals surface area contributed by atoms with Gasteiger partial charge in [-0.2, -0.15) is 0 Å². The maximum atomic E-state index is 12.0. The topological polar surface area (TPSA) is 61.6 Å². The Morgan fingerprint density at radius 1 is 1.35 bits per heavy atom. The number of hydrogen-bond donors (Lipinski definition) is 2. The van der Waals surface area contributed by atoms with Crippen LogP contribution >= 0.6 is 12.2 Å². The molecule has 5 nitrogen and oxygen atoms in total. The molecule has 1 amide bonds. The van der Waals surface area contributed by atoms with E-state index in [0.717, 1.165) is 39.1 Å². The standard InChI is InChI=1S/C14H28N4OS/c1-5-6-16-12(19)11(2)17-7-9-18(10-8-17)14(3,4)13(15)20/h11H,5-10H2,1-4H3,(H2,15,20)(H,16,19). The van der Waals surface area contributed by atoms with E-state index < -0.39 is 0 Å². The van der Waals surface area contributed by atoms with Crippen molar-refractivity contribution in [1.82, 2.24) is 15.1 Å². The van der Waals surface area contributed by atoms with Gasteiger partial charge in [-0.05, 0) is 27.2 Å². The zero-order valence-electron chi connectivity index (χ0n) is 13.1. The van der Waals surface area contributed by atoms with E-state index in [-0.39, 0.29) is 17.5 Å². The molecule has 0 aromatic rings. The van der Waals surface area contributed by atoms with Crippen molar-refractivity contribution in [3.8, 4) is 0 Å². The Morgan fingerprint density at radius 2 is 1.90 bits per heavy atom. The first-order chi connectivity index (χ1) is 9.30. The fraction of sp³-hybridized carbons (Fsp3) is 0.857. The van der Waals surface area contributed by atoms with Crippen LogP contribution in [0.25, 0.3) is 0 Å². The molecule has 6 heteroatoms. The van der Waals surface area contributed by atoms with Crippen LogP contribution in [0.2, 0.25) is 0 Å². The van der Waals surface area contributed by atoms with E-state index in [1.165, 1.54) is 0 Å². The summed E-state index contributed by atoms with van der Waals surface area (Å²) in [6.45, 7) is 12.4. The monoisotopic (exact) mass is 300 g/mol. The number of carbonyl (C=O) groups is 1. The zero-order chi connectivity index (χ0) is 15.3. The summed E-state index contributed by atoms with van der Waals surface area (Å²) < 4.78 is 0. The minimum Gasteiger partial charge on any atom is -0.392 e. The number of carbonyl (C=O) groups excluding carboxylic acids is 1. The van der Waals surface area contributed by atoms with Gasteiger partial charge < -0.3 is 11.1 Å². The highest BCUT2D eigenvalue weighted by Crippen LogP contribution is 2.18. The zero-order valence-corrected chi connectivity index (χ0v) is 13.9. The Labute approximate surface area is 127 Å². The highest BCUT2D eigenvalue weighted by atomic mass is 32.1. The number of nitrogens with two attached hydrogens (primary N) is 1. The average molecular weight is 300 g/mol. The van der Waals surface area contributed by atoms with Crippen molar-refractivity contribution in [1.29, 1.82) is 0 Å². The molecule has 20 heavy (non-hydrogen) atoms. The van der Waals surface area contributed by atoms with Crippen molar-refractivity contribution in [3.63, 3.8) is 0 Å². The molecule has 1 aliphatic rings. The molecule has 1 rings (SSSR count). The van der Waals surface area contributed by atoms with Crippen LogP contribution in [0.3, 0.4) is 0 Å². The summed E-state index contributed by atoms with van der Waals surface area (Å²) in [4.78, 5) is 17.0. The third-order valence-corrected chi connectivity index (χ3v) is 4.68. The Kier molecular flexibility index (Phi) is 6.36. The van der Waals surface area contributed by atoms with Gasteiger partial charge in [0.1, 0.15) is 0 Å². The number of thiocarbonyl (C=S) groups is 1. The van der Waals surface area contributed by atoms with Crippen LogP contribution in [0.1, 0.15) is 34.1 Å². The molecule has 0 aromatic carbocycles. The van der Waals surface area contributed by atoms with Crippen molar-refractivity contribution in [2.24, 2.45) is 5.73 Å². The van der Waals surface area contributed by atoms with Gasteiger partial charge in [0.2, 0.25) is 5.91 Å². The predicted octanol–water partition coefficient (Wildman–Crippen LogP) is 0.583. The Morgan fingerprint density at radius 3 is 2.35 bits per heavy atom. The van der Waals surface area contributed by atoms with Gasteiger partial charge in [-0.1, -0.05) is 19.1 Å². The minimum atomic E-state index is -0.255. The maximum Gasteiger partial charge on any atom is 0.237 e. The lowest BCUT2D eigenvalue weighted by Crippen LogP contribution is -2.61. The molecule has 1 atom stereocenters. The second-order valence-corrected chi connectivity index (χ2v) is 6.35. The molecule has 0 aliphatic carbocycles. The van der Waals surface area contributed by atoms with Crippen LogP contribution in [-0.4, -0.2) is 65.0 Å². The number of amides is 1. The van der Waals surface area contributed by atoms with Crippen molar-refractivity contribution < 1.29 is 4.79 Å². The van der Waals surface area contributed by atoms with E-state index in [4.69, 9.17) is 18.0 Å². The second kappa shape index (κ2) is 7.33. The van der Waals surface area contributed by atoms with Crippen molar-refractivity contribution in [2.45, 2.75) is 45.7 Å². The van der Waals surface area contributed by atoms with Crippen molar-refractivity contribution in [3.05, 3.63) is 0 Å². The lowest BCUT2D eigenvalue weighted by atomic mass is 10.0. The van der Waals surface area contributed by atoms with E-state index in [1.54, 1.807) is 0 Å². The van der Waals surface area contributed by atoms with Gasteiger partial charge in [-0.15, -0.1) is 0 Å². The van der Waals surface area contributed by atoms with Gasteiger partial charge in [0.05, 0.1) is 16.6 Å². The van der Waals surface area contributed by atoms with Crippen LogP contribution in [-0.2, 0) is 4.79 Å². The second-order valence-electron chi connectivity index (χ2n) is 5.91. The molecule has 1 saturated heterocycles. The Balaban J connectivity index is 2.50. The van der Waals surface area contributed by atoms with Gasteiger partial charge in [-0.3, -0.25) is 14.6 Å². The first kappa shape index (κ1) is 17.3. The van der Waals surface area contributed by atoms with Crippen molar-refractivity contribution in [2.75, 3.05) is 32.7 Å². The molecular formula is C14H28N4OS. The van der Waals surface area contributed by atoms with Crippen LogP contribution in [0, 0.1) is 0 Å². The lowest BCUT2D eigenvalue weighted by Gasteiger charge is -2.44. The number of nitrogens with zero attached hydrogens (tertiary/aromatic N) is 2. The maximum absolute atomic E-state index is 12.0. The predicted molar refractivity (Wildman–Crippen MR) is 86.8 cm³/mol. The summed E-state index contributed by atoms with van der Waals surface area (Å²) >= 11 is 5.14. The van der Waals surface area contributed by atoms with Gasteiger partial charge in [0.25, 0.3) is 0 Å². The molecule has 1 fully saturated rings. The van der Waals surface area contributed by atoms with Crippen LogP contribution < -0.4 is 11.1 Å². The van der Waals surface area contributed by atoms with Crippen LogP contribution in [0.5, 0.6) is 0 Å². The Hall–Kier alpha value is -0.720. The third kappa shape index (κ3) is 4.14. The molecule has 1 aliphatic heterocycles. The van der Waals surface area contributed by atoms with Crippen molar-refractivity contribution >= 4 is 23.1 Å². The fourth-order valence-electron chi connectivity index (χ4n) is 2.39. The quantitative estimate of drug-likeness (QED) is 0.703. The smallest absolute Gasteiger partial charge is 0.237 e. The van der Waals surface area contributed by atoms with Gasteiger partial charge in [0.15, 0.2) is 0 Å². The van der Waals surface area contributed by atoms with Gasteiger partial charge >= 0.3 is 0 Å². The molecule has 1 heterocycles. The highest BCUT2D eigenvalue weighted by molar-refractivity contribution is 7.80. The molecule has 0 aromatic heterocycles. The summed E-state index contributed by atoms with van der Waals surface area (Å²) in [7, 11) is 0. The molecule has 3 N–H and O–H groups in total. The SMILES string of the molecule is CCCNC(=O)C(C)N1CCN(C(C)(C)C(N)=S)CC1. The van der Waals surface area contributed by atoms with Gasteiger partial charge in [0, 0.05) is 32.7 Å². The molecular weight excluding hydrogens is 272 g/mol. The minimum absolute atomic E-state index is 0.0726. The normalized spacial score (nSPS) is 19.6. The van der Waals surface area contributed by atoms with Gasteiger partial charge in [-0.25, -0.2) is 0 Å². The summed E-state index contributed by atoms with van der Waals surface area (Å²) in [5.74, 6) is 0.119. The number of hydrogen-bond acceptors (Lipinski definition) is 4. The highest BCUT2D eigenvalue weighted by Gasteiger charge is 2.34. The molecule has 0 saturated carbocycles. The fourth-order valence-corrected chi connectivity index (χ4v) is 2.51. The van der Waals surface area contributed by atoms with E-state index in [9.17, 15) is 4.79 Å². The van der Waals surface area contributed by atoms with Crippen LogP contribution in [0.15, 0.2) is 0 Å². The first-order valence-corrected chi connectivity index (χ1v) is 7.78. The van der Waals surface area contributed by atoms with E-state index in [0.29, 0.717) is 4.99 Å². The first-order valence-electron chi connectivity index (χ1n) is 7.37.